The Balaban J connectivity index is 1.72. The van der Waals surface area contributed by atoms with Crippen LogP contribution in [0.4, 0.5) is 0 Å². The van der Waals surface area contributed by atoms with E-state index in [0.717, 1.165) is 24.8 Å². The smallest absolute Gasteiger partial charge is 0.119 e. The van der Waals surface area contributed by atoms with Crippen LogP contribution in [0.5, 0.6) is 5.75 Å². The molecule has 1 fully saturated rings. The fraction of sp³-hybridized carbons (Fsp3) is 0.625. The molecule has 1 atom stereocenters. The highest BCUT2D eigenvalue weighted by Crippen LogP contribution is 2.19. The summed E-state index contributed by atoms with van der Waals surface area (Å²) in [6.45, 7) is 7.62. The Morgan fingerprint density at radius 2 is 2.06 bits per heavy atom. The van der Waals surface area contributed by atoms with E-state index in [0.29, 0.717) is 5.92 Å². The zero-order valence-electron chi connectivity index (χ0n) is 11.6. The summed E-state index contributed by atoms with van der Waals surface area (Å²) in [5, 5.41) is 3.45. The molecule has 0 amide bonds. The van der Waals surface area contributed by atoms with Crippen LogP contribution in [-0.2, 0) is 0 Å². The lowest BCUT2D eigenvalue weighted by Crippen LogP contribution is -2.30. The van der Waals surface area contributed by atoms with Crippen molar-refractivity contribution >= 4 is 0 Å². The van der Waals surface area contributed by atoms with Gasteiger partial charge in [0.05, 0.1) is 6.61 Å². The molecule has 1 aliphatic rings. The van der Waals surface area contributed by atoms with Crippen molar-refractivity contribution in [3.05, 3.63) is 29.8 Å². The molecule has 2 rings (SSSR count). The molecule has 2 heteroatoms. The summed E-state index contributed by atoms with van der Waals surface area (Å²) in [4.78, 5) is 0. The molecular weight excluding hydrogens is 222 g/mol. The van der Waals surface area contributed by atoms with E-state index >= 15 is 0 Å². The number of ether oxygens (including phenoxy) is 1. The van der Waals surface area contributed by atoms with Gasteiger partial charge in [0, 0.05) is 0 Å². The summed E-state index contributed by atoms with van der Waals surface area (Å²) in [5.74, 6) is 2.39. The highest BCUT2D eigenvalue weighted by Gasteiger charge is 2.12. The Kier molecular flexibility index (Phi) is 5.06. The maximum Gasteiger partial charge on any atom is 0.119 e. The van der Waals surface area contributed by atoms with Crippen molar-refractivity contribution in [2.75, 3.05) is 19.7 Å². The zero-order chi connectivity index (χ0) is 12.8. The van der Waals surface area contributed by atoms with Crippen LogP contribution in [0.25, 0.3) is 0 Å². The first-order chi connectivity index (χ1) is 8.75. The van der Waals surface area contributed by atoms with Crippen molar-refractivity contribution in [2.24, 2.45) is 5.92 Å². The van der Waals surface area contributed by atoms with Crippen LogP contribution in [0.2, 0.25) is 0 Å². The largest absolute Gasteiger partial charge is 0.494 e. The quantitative estimate of drug-likeness (QED) is 0.858. The van der Waals surface area contributed by atoms with E-state index < -0.39 is 0 Å². The maximum absolute atomic E-state index is 5.82. The molecule has 0 unspecified atom stereocenters. The van der Waals surface area contributed by atoms with Crippen LogP contribution < -0.4 is 10.1 Å². The molecule has 0 spiro atoms. The summed E-state index contributed by atoms with van der Waals surface area (Å²) < 4.78 is 5.82. The molecular formula is C16H25NO. The van der Waals surface area contributed by atoms with Crippen molar-refractivity contribution in [3.8, 4) is 5.75 Å². The highest BCUT2D eigenvalue weighted by molar-refractivity contribution is 5.28. The first kappa shape index (κ1) is 13.4. The van der Waals surface area contributed by atoms with Crippen LogP contribution in [0.15, 0.2) is 24.3 Å². The first-order valence-corrected chi connectivity index (χ1v) is 7.19. The van der Waals surface area contributed by atoms with E-state index in [4.69, 9.17) is 4.74 Å². The molecule has 0 bridgehead atoms. The van der Waals surface area contributed by atoms with Crippen LogP contribution >= 0.6 is 0 Å². The van der Waals surface area contributed by atoms with Gasteiger partial charge in [-0.25, -0.2) is 0 Å². The number of nitrogens with one attached hydrogen (secondary N) is 1. The lowest BCUT2D eigenvalue weighted by atomic mass is 9.97. The number of hydrogen-bond acceptors (Lipinski definition) is 2. The molecule has 0 aromatic heterocycles. The van der Waals surface area contributed by atoms with Crippen molar-refractivity contribution in [1.29, 1.82) is 0 Å². The van der Waals surface area contributed by atoms with Gasteiger partial charge in [-0.2, -0.15) is 0 Å². The van der Waals surface area contributed by atoms with Crippen LogP contribution in [0, 0.1) is 5.92 Å². The Labute approximate surface area is 111 Å². The van der Waals surface area contributed by atoms with E-state index in [1.165, 1.54) is 31.4 Å². The van der Waals surface area contributed by atoms with Crippen molar-refractivity contribution < 1.29 is 4.74 Å². The van der Waals surface area contributed by atoms with Gasteiger partial charge in [0.1, 0.15) is 5.75 Å². The van der Waals surface area contributed by atoms with Crippen LogP contribution in [0.3, 0.4) is 0 Å². The average molecular weight is 247 g/mol. The molecule has 2 nitrogen and oxygen atoms in total. The van der Waals surface area contributed by atoms with Gasteiger partial charge in [-0.3, -0.25) is 0 Å². The minimum atomic E-state index is 0.590. The Bertz CT molecular complexity index is 339. The Morgan fingerprint density at radius 1 is 1.28 bits per heavy atom. The van der Waals surface area contributed by atoms with Gasteiger partial charge in [-0.1, -0.05) is 26.0 Å². The molecule has 1 aliphatic heterocycles. The van der Waals surface area contributed by atoms with Gasteiger partial charge in [0.25, 0.3) is 0 Å². The predicted molar refractivity (Wildman–Crippen MR) is 76.2 cm³/mol. The van der Waals surface area contributed by atoms with E-state index in [9.17, 15) is 0 Å². The van der Waals surface area contributed by atoms with E-state index in [2.05, 4.69) is 43.4 Å². The van der Waals surface area contributed by atoms with E-state index in [1.54, 1.807) is 0 Å². The minimum absolute atomic E-state index is 0.590. The molecule has 1 aromatic carbocycles. The number of rotatable bonds is 5. The molecule has 1 aromatic rings. The third kappa shape index (κ3) is 4.02. The van der Waals surface area contributed by atoms with E-state index in [1.807, 2.05) is 0 Å². The fourth-order valence-electron chi connectivity index (χ4n) is 2.46. The third-order valence-corrected chi connectivity index (χ3v) is 3.74. The molecule has 1 N–H and O–H groups in total. The normalized spacial score (nSPS) is 20.1. The number of benzene rings is 1. The molecule has 0 aliphatic carbocycles. The first-order valence-electron chi connectivity index (χ1n) is 7.19. The van der Waals surface area contributed by atoms with Crippen LogP contribution in [-0.4, -0.2) is 19.7 Å². The van der Waals surface area contributed by atoms with E-state index in [-0.39, 0.29) is 0 Å². The zero-order valence-corrected chi connectivity index (χ0v) is 11.6. The number of piperidine rings is 1. The maximum atomic E-state index is 5.82. The van der Waals surface area contributed by atoms with Gasteiger partial charge in [-0.05, 0) is 61.9 Å². The summed E-state index contributed by atoms with van der Waals surface area (Å²) in [6, 6.07) is 8.52. The summed E-state index contributed by atoms with van der Waals surface area (Å²) >= 11 is 0. The second-order valence-electron chi connectivity index (χ2n) is 5.57. The predicted octanol–water partition coefficient (Wildman–Crippen LogP) is 3.58. The molecule has 0 saturated carbocycles. The van der Waals surface area contributed by atoms with Crippen molar-refractivity contribution in [2.45, 2.75) is 39.0 Å². The molecule has 100 valence electrons. The minimum Gasteiger partial charge on any atom is -0.494 e. The topological polar surface area (TPSA) is 21.3 Å². The number of hydrogen-bond donors (Lipinski definition) is 1. The SMILES string of the molecule is CC(C)c1ccc(OCC[C@@H]2CCCNC2)cc1. The summed E-state index contributed by atoms with van der Waals surface area (Å²) in [7, 11) is 0. The molecule has 1 saturated heterocycles. The second-order valence-corrected chi connectivity index (χ2v) is 5.57. The van der Waals surface area contributed by atoms with Gasteiger partial charge in [0.15, 0.2) is 0 Å². The highest BCUT2D eigenvalue weighted by atomic mass is 16.5. The van der Waals surface area contributed by atoms with Crippen molar-refractivity contribution in [3.63, 3.8) is 0 Å². The summed E-state index contributed by atoms with van der Waals surface area (Å²) in [6.07, 6.45) is 3.83. The van der Waals surface area contributed by atoms with Gasteiger partial charge in [0.2, 0.25) is 0 Å². The second kappa shape index (κ2) is 6.79. The molecule has 18 heavy (non-hydrogen) atoms. The standard InChI is InChI=1S/C16H25NO/c1-13(2)15-5-7-16(8-6-15)18-11-9-14-4-3-10-17-12-14/h5-8,13-14,17H,3-4,9-12H2,1-2H3/t14-/m0/s1. The average Bonchev–Trinajstić information content (AvgIpc) is 2.40. The Morgan fingerprint density at radius 3 is 2.67 bits per heavy atom. The lowest BCUT2D eigenvalue weighted by Gasteiger charge is -2.22. The third-order valence-electron chi connectivity index (χ3n) is 3.74. The Hall–Kier alpha value is -1.02. The molecule has 0 radical (unpaired) electrons. The van der Waals surface area contributed by atoms with Gasteiger partial charge < -0.3 is 10.1 Å². The van der Waals surface area contributed by atoms with Gasteiger partial charge in [-0.15, -0.1) is 0 Å². The van der Waals surface area contributed by atoms with Crippen LogP contribution in [0.1, 0.15) is 44.6 Å². The lowest BCUT2D eigenvalue weighted by molar-refractivity contribution is 0.254. The monoisotopic (exact) mass is 247 g/mol. The van der Waals surface area contributed by atoms with Crippen molar-refractivity contribution in [1.82, 2.24) is 5.32 Å². The summed E-state index contributed by atoms with van der Waals surface area (Å²) in [5.41, 5.74) is 1.37. The van der Waals surface area contributed by atoms with Gasteiger partial charge >= 0.3 is 0 Å². The molecule has 1 heterocycles. The fourth-order valence-corrected chi connectivity index (χ4v) is 2.46.